The van der Waals surface area contributed by atoms with E-state index in [0.717, 1.165) is 30.8 Å². The van der Waals surface area contributed by atoms with Crippen LogP contribution < -0.4 is 0 Å². The van der Waals surface area contributed by atoms with Crippen LogP contribution in [0.5, 0.6) is 0 Å². The van der Waals surface area contributed by atoms with Crippen LogP contribution in [0.1, 0.15) is 31.5 Å². The standard InChI is InChI=1S/C15H21N5O/c1-19(13-9-5-6-10-14(13)21)11-15-16-17-18-20(15)12-7-3-2-4-8-12/h2-4,7-8,13-14,21H,5-6,9-11H2,1H3. The third-order valence-electron chi connectivity index (χ3n) is 4.19. The van der Waals surface area contributed by atoms with Gasteiger partial charge in [-0.3, -0.25) is 4.90 Å². The van der Waals surface area contributed by atoms with E-state index < -0.39 is 0 Å². The molecule has 1 saturated carbocycles. The number of aliphatic hydroxyl groups is 1. The number of rotatable bonds is 4. The van der Waals surface area contributed by atoms with E-state index in [4.69, 9.17) is 0 Å². The maximum atomic E-state index is 10.2. The molecule has 1 heterocycles. The third-order valence-corrected chi connectivity index (χ3v) is 4.19. The van der Waals surface area contributed by atoms with Gasteiger partial charge in [0.2, 0.25) is 0 Å². The maximum Gasteiger partial charge on any atom is 0.170 e. The van der Waals surface area contributed by atoms with Crippen molar-refractivity contribution in [1.82, 2.24) is 25.1 Å². The fourth-order valence-electron chi connectivity index (χ4n) is 3.02. The largest absolute Gasteiger partial charge is 0.391 e. The number of likely N-dealkylation sites (N-methyl/N-ethyl adjacent to an activating group) is 1. The van der Waals surface area contributed by atoms with Crippen LogP contribution in [-0.4, -0.2) is 49.4 Å². The second-order valence-electron chi connectivity index (χ2n) is 5.68. The van der Waals surface area contributed by atoms with Gasteiger partial charge in [0.05, 0.1) is 18.3 Å². The van der Waals surface area contributed by atoms with Gasteiger partial charge in [0.25, 0.3) is 0 Å². The minimum absolute atomic E-state index is 0.194. The Labute approximate surface area is 124 Å². The zero-order valence-electron chi connectivity index (χ0n) is 12.3. The molecule has 1 fully saturated rings. The Morgan fingerprint density at radius 2 is 2.00 bits per heavy atom. The number of para-hydroxylation sites is 1. The zero-order chi connectivity index (χ0) is 14.7. The Bertz CT molecular complexity index is 570. The predicted octanol–water partition coefficient (Wildman–Crippen LogP) is 1.40. The molecule has 2 unspecified atom stereocenters. The zero-order valence-corrected chi connectivity index (χ0v) is 12.3. The van der Waals surface area contributed by atoms with Crippen molar-refractivity contribution in [1.29, 1.82) is 0 Å². The van der Waals surface area contributed by atoms with Crippen LogP contribution in [0.2, 0.25) is 0 Å². The molecular weight excluding hydrogens is 266 g/mol. The highest BCUT2D eigenvalue weighted by molar-refractivity contribution is 5.30. The van der Waals surface area contributed by atoms with Gasteiger partial charge in [-0.2, -0.15) is 4.68 Å². The molecule has 0 bridgehead atoms. The smallest absolute Gasteiger partial charge is 0.170 e. The first-order valence-electron chi connectivity index (χ1n) is 7.46. The number of hydrogen-bond acceptors (Lipinski definition) is 5. The van der Waals surface area contributed by atoms with E-state index in [1.165, 1.54) is 6.42 Å². The van der Waals surface area contributed by atoms with Crippen molar-refractivity contribution < 1.29 is 5.11 Å². The van der Waals surface area contributed by atoms with E-state index in [-0.39, 0.29) is 12.1 Å². The van der Waals surface area contributed by atoms with Crippen LogP contribution in [-0.2, 0) is 6.54 Å². The molecule has 6 heteroatoms. The Kier molecular flexibility index (Phi) is 4.26. The summed E-state index contributed by atoms with van der Waals surface area (Å²) in [5.74, 6) is 0.793. The number of tetrazole rings is 1. The lowest BCUT2D eigenvalue weighted by Crippen LogP contribution is -2.43. The van der Waals surface area contributed by atoms with Gasteiger partial charge in [0.15, 0.2) is 5.82 Å². The summed E-state index contributed by atoms with van der Waals surface area (Å²) in [6.45, 7) is 0.629. The highest BCUT2D eigenvalue weighted by atomic mass is 16.3. The first-order chi connectivity index (χ1) is 10.3. The molecule has 1 aromatic carbocycles. The van der Waals surface area contributed by atoms with E-state index in [1.807, 2.05) is 37.4 Å². The highest BCUT2D eigenvalue weighted by Crippen LogP contribution is 2.23. The van der Waals surface area contributed by atoms with Crippen molar-refractivity contribution in [3.8, 4) is 5.69 Å². The van der Waals surface area contributed by atoms with Gasteiger partial charge in [0, 0.05) is 6.04 Å². The summed E-state index contributed by atoms with van der Waals surface area (Å²) < 4.78 is 1.76. The van der Waals surface area contributed by atoms with Gasteiger partial charge in [-0.1, -0.05) is 31.0 Å². The van der Waals surface area contributed by atoms with Crippen LogP contribution in [0.4, 0.5) is 0 Å². The lowest BCUT2D eigenvalue weighted by molar-refractivity contribution is 0.0275. The number of benzene rings is 1. The van der Waals surface area contributed by atoms with Gasteiger partial charge in [-0.15, -0.1) is 5.10 Å². The Morgan fingerprint density at radius 1 is 1.24 bits per heavy atom. The normalized spacial score (nSPS) is 22.6. The molecule has 2 aromatic rings. The van der Waals surface area contributed by atoms with Crippen LogP contribution >= 0.6 is 0 Å². The fourth-order valence-corrected chi connectivity index (χ4v) is 3.02. The molecule has 0 aliphatic heterocycles. The summed E-state index contributed by atoms with van der Waals surface area (Å²) in [6, 6.07) is 10.1. The Morgan fingerprint density at radius 3 is 2.76 bits per heavy atom. The third kappa shape index (κ3) is 3.11. The van der Waals surface area contributed by atoms with Crippen molar-refractivity contribution in [2.75, 3.05) is 7.05 Å². The van der Waals surface area contributed by atoms with E-state index in [1.54, 1.807) is 4.68 Å². The molecule has 1 aromatic heterocycles. The Balaban J connectivity index is 1.75. The van der Waals surface area contributed by atoms with E-state index in [9.17, 15) is 5.11 Å². The molecule has 21 heavy (non-hydrogen) atoms. The molecule has 3 rings (SSSR count). The number of hydrogen-bond donors (Lipinski definition) is 1. The van der Waals surface area contributed by atoms with Crippen molar-refractivity contribution in [2.24, 2.45) is 0 Å². The second kappa shape index (κ2) is 6.32. The average molecular weight is 287 g/mol. The number of nitrogens with zero attached hydrogens (tertiary/aromatic N) is 5. The summed E-state index contributed by atoms with van der Waals surface area (Å²) in [7, 11) is 2.03. The molecular formula is C15H21N5O. The van der Waals surface area contributed by atoms with Crippen LogP contribution in [0.3, 0.4) is 0 Å². The highest BCUT2D eigenvalue weighted by Gasteiger charge is 2.27. The van der Waals surface area contributed by atoms with Gasteiger partial charge < -0.3 is 5.11 Å². The quantitative estimate of drug-likeness (QED) is 0.920. The van der Waals surface area contributed by atoms with Crippen LogP contribution in [0.25, 0.3) is 5.69 Å². The first-order valence-corrected chi connectivity index (χ1v) is 7.46. The van der Waals surface area contributed by atoms with Gasteiger partial charge in [0.1, 0.15) is 0 Å². The van der Waals surface area contributed by atoms with Crippen LogP contribution in [0.15, 0.2) is 30.3 Å². The minimum atomic E-state index is -0.246. The summed E-state index contributed by atoms with van der Waals surface area (Å²) in [5, 5.41) is 22.1. The van der Waals surface area contributed by atoms with Gasteiger partial charge in [-0.25, -0.2) is 0 Å². The molecule has 0 amide bonds. The molecule has 1 N–H and O–H groups in total. The van der Waals surface area contributed by atoms with Crippen molar-refractivity contribution in [2.45, 2.75) is 44.4 Å². The van der Waals surface area contributed by atoms with Crippen LogP contribution in [0, 0.1) is 0 Å². The van der Waals surface area contributed by atoms with Crippen molar-refractivity contribution >= 4 is 0 Å². The average Bonchev–Trinajstić information content (AvgIpc) is 2.96. The van der Waals surface area contributed by atoms with E-state index >= 15 is 0 Å². The monoisotopic (exact) mass is 287 g/mol. The lowest BCUT2D eigenvalue weighted by Gasteiger charge is -2.34. The topological polar surface area (TPSA) is 67.1 Å². The molecule has 112 valence electrons. The second-order valence-corrected chi connectivity index (χ2v) is 5.68. The van der Waals surface area contributed by atoms with E-state index in [0.29, 0.717) is 6.54 Å². The summed E-state index contributed by atoms with van der Waals surface area (Å²) in [5.41, 5.74) is 0.954. The number of aliphatic hydroxyl groups excluding tert-OH is 1. The summed E-state index contributed by atoms with van der Waals surface area (Å²) >= 11 is 0. The summed E-state index contributed by atoms with van der Waals surface area (Å²) in [6.07, 6.45) is 3.97. The van der Waals surface area contributed by atoms with Gasteiger partial charge >= 0.3 is 0 Å². The lowest BCUT2D eigenvalue weighted by atomic mass is 9.91. The molecule has 0 saturated heterocycles. The number of aromatic nitrogens is 4. The van der Waals surface area contributed by atoms with Crippen molar-refractivity contribution in [3.63, 3.8) is 0 Å². The molecule has 6 nitrogen and oxygen atoms in total. The fraction of sp³-hybridized carbons (Fsp3) is 0.533. The first kappa shape index (κ1) is 14.2. The van der Waals surface area contributed by atoms with Crippen molar-refractivity contribution in [3.05, 3.63) is 36.2 Å². The SMILES string of the molecule is CN(Cc1nnnn1-c1ccccc1)C1CCCCC1O. The minimum Gasteiger partial charge on any atom is -0.391 e. The summed E-state index contributed by atoms with van der Waals surface area (Å²) in [4.78, 5) is 2.16. The molecule has 1 aliphatic carbocycles. The molecule has 2 atom stereocenters. The van der Waals surface area contributed by atoms with E-state index in [2.05, 4.69) is 20.4 Å². The molecule has 0 spiro atoms. The molecule has 0 radical (unpaired) electrons. The maximum absolute atomic E-state index is 10.2. The predicted molar refractivity (Wildman–Crippen MR) is 78.9 cm³/mol. The van der Waals surface area contributed by atoms with Gasteiger partial charge in [-0.05, 0) is 42.4 Å². The molecule has 1 aliphatic rings. The Hall–Kier alpha value is -1.79.